The van der Waals surface area contributed by atoms with E-state index in [1.807, 2.05) is 12.1 Å². The van der Waals surface area contributed by atoms with E-state index in [2.05, 4.69) is 15.9 Å². The molecule has 18 heavy (non-hydrogen) atoms. The van der Waals surface area contributed by atoms with Crippen LogP contribution in [-0.2, 0) is 10.8 Å². The van der Waals surface area contributed by atoms with Crippen LogP contribution in [0, 0.1) is 0 Å². The quantitative estimate of drug-likeness (QED) is 0.811. The van der Waals surface area contributed by atoms with Gasteiger partial charge in [-0.15, -0.1) is 0 Å². The first-order valence-corrected chi connectivity index (χ1v) is 7.21. The van der Waals surface area contributed by atoms with Gasteiger partial charge in [-0.2, -0.15) is 4.39 Å². The summed E-state index contributed by atoms with van der Waals surface area (Å²) in [5, 5.41) is -0.650. The molecule has 2 aromatic carbocycles. The van der Waals surface area contributed by atoms with Crippen molar-refractivity contribution in [1.29, 1.82) is 0 Å². The number of hydrogen-bond acceptors (Lipinski definition) is 1. The molecule has 0 spiro atoms. The molecular formula is C14H10BrFOS. The Hall–Kier alpha value is -1.26. The second-order valence-corrected chi connectivity index (χ2v) is 5.90. The highest BCUT2D eigenvalue weighted by molar-refractivity contribution is 9.10. The molecule has 0 N–H and O–H groups in total. The topological polar surface area (TPSA) is 17.1 Å². The van der Waals surface area contributed by atoms with E-state index < -0.39 is 16.0 Å². The molecule has 0 aromatic heterocycles. The molecule has 92 valence electrons. The molecule has 0 radical (unpaired) electrons. The molecule has 0 saturated heterocycles. The molecule has 0 fully saturated rings. The van der Waals surface area contributed by atoms with Crippen LogP contribution >= 0.6 is 15.9 Å². The van der Waals surface area contributed by atoms with Crippen molar-refractivity contribution in [3.8, 4) is 0 Å². The molecule has 0 bridgehead atoms. The first kappa shape index (κ1) is 13.2. The number of halogens is 2. The van der Waals surface area contributed by atoms with Gasteiger partial charge in [0.25, 0.3) is 0 Å². The predicted molar refractivity (Wildman–Crippen MR) is 76.1 cm³/mol. The summed E-state index contributed by atoms with van der Waals surface area (Å²) in [5.74, 6) is 0. The van der Waals surface area contributed by atoms with Crippen LogP contribution in [0.5, 0.6) is 0 Å². The summed E-state index contributed by atoms with van der Waals surface area (Å²) in [6.45, 7) is 0. The van der Waals surface area contributed by atoms with Crippen molar-refractivity contribution in [2.75, 3.05) is 0 Å². The van der Waals surface area contributed by atoms with Crippen molar-refractivity contribution in [3.05, 3.63) is 69.8 Å². The van der Waals surface area contributed by atoms with Gasteiger partial charge >= 0.3 is 0 Å². The van der Waals surface area contributed by atoms with E-state index in [4.69, 9.17) is 0 Å². The van der Waals surface area contributed by atoms with Gasteiger partial charge in [0, 0.05) is 9.37 Å². The fraction of sp³-hybridized carbons (Fsp3) is 0. The summed E-state index contributed by atoms with van der Waals surface area (Å²) in [5.41, 5.74) is 0.681. The van der Waals surface area contributed by atoms with Crippen molar-refractivity contribution >= 4 is 32.8 Å². The monoisotopic (exact) mass is 324 g/mol. The van der Waals surface area contributed by atoms with Gasteiger partial charge in [-0.1, -0.05) is 46.3 Å². The Morgan fingerprint density at radius 1 is 1.06 bits per heavy atom. The van der Waals surface area contributed by atoms with Crippen molar-refractivity contribution in [3.63, 3.8) is 0 Å². The van der Waals surface area contributed by atoms with Crippen molar-refractivity contribution in [2.24, 2.45) is 0 Å². The first-order valence-electron chi connectivity index (χ1n) is 5.26. The van der Waals surface area contributed by atoms with Crippen molar-refractivity contribution < 1.29 is 8.60 Å². The van der Waals surface area contributed by atoms with Gasteiger partial charge in [-0.3, -0.25) is 0 Å². The summed E-state index contributed by atoms with van der Waals surface area (Å²) < 4.78 is 26.6. The van der Waals surface area contributed by atoms with Gasteiger partial charge < -0.3 is 0 Å². The molecule has 2 aromatic rings. The largest absolute Gasteiger partial charge is 0.247 e. The molecule has 0 saturated carbocycles. The lowest BCUT2D eigenvalue weighted by Crippen LogP contribution is -1.91. The minimum atomic E-state index is -1.75. The summed E-state index contributed by atoms with van der Waals surface area (Å²) >= 11 is 3.30. The fourth-order valence-electron chi connectivity index (χ4n) is 1.40. The Morgan fingerprint density at radius 3 is 2.28 bits per heavy atom. The maximum atomic E-state index is 13.8. The molecular weight excluding hydrogens is 315 g/mol. The standard InChI is InChI=1S/C14H10BrFOS/c15-12-8-6-11(7-9-12)10-14(16)18(17)13-4-2-1-3-5-13/h1-10H. The predicted octanol–water partition coefficient (Wildman–Crippen LogP) is 4.52. The fourth-order valence-corrected chi connectivity index (χ4v) is 2.54. The summed E-state index contributed by atoms with van der Waals surface area (Å²) in [6, 6.07) is 15.7. The van der Waals surface area contributed by atoms with E-state index in [0.717, 1.165) is 4.47 Å². The third-order valence-electron chi connectivity index (χ3n) is 2.28. The van der Waals surface area contributed by atoms with Crippen molar-refractivity contribution in [2.45, 2.75) is 4.90 Å². The molecule has 1 unspecified atom stereocenters. The summed E-state index contributed by atoms with van der Waals surface area (Å²) in [4.78, 5) is 0.461. The zero-order chi connectivity index (χ0) is 13.0. The normalized spacial score (nSPS) is 13.3. The van der Waals surface area contributed by atoms with Crippen LogP contribution in [0.4, 0.5) is 4.39 Å². The number of benzene rings is 2. The third kappa shape index (κ3) is 3.37. The van der Waals surface area contributed by atoms with E-state index in [0.29, 0.717) is 10.5 Å². The highest BCUT2D eigenvalue weighted by Crippen LogP contribution is 2.19. The highest BCUT2D eigenvalue weighted by atomic mass is 79.9. The summed E-state index contributed by atoms with van der Waals surface area (Å²) in [6.07, 6.45) is 1.29. The number of hydrogen-bond donors (Lipinski definition) is 0. The Balaban J connectivity index is 2.23. The average molecular weight is 325 g/mol. The first-order chi connectivity index (χ1) is 8.66. The minimum Gasteiger partial charge on any atom is -0.247 e. The van der Waals surface area contributed by atoms with Crippen LogP contribution in [0.15, 0.2) is 69.1 Å². The Labute approximate surface area is 116 Å². The van der Waals surface area contributed by atoms with Gasteiger partial charge in [0.2, 0.25) is 0 Å². The van der Waals surface area contributed by atoms with Crippen LogP contribution in [0.2, 0.25) is 0 Å². The lowest BCUT2D eigenvalue weighted by molar-refractivity contribution is 0.653. The lowest BCUT2D eigenvalue weighted by atomic mass is 10.2. The molecule has 4 heteroatoms. The maximum absolute atomic E-state index is 13.8. The second kappa shape index (κ2) is 6.07. The Morgan fingerprint density at radius 2 is 1.67 bits per heavy atom. The van der Waals surface area contributed by atoms with Crippen molar-refractivity contribution in [1.82, 2.24) is 0 Å². The molecule has 0 aliphatic carbocycles. The van der Waals surface area contributed by atoms with E-state index in [9.17, 15) is 8.60 Å². The van der Waals surface area contributed by atoms with Crippen LogP contribution in [-0.4, -0.2) is 4.21 Å². The zero-order valence-electron chi connectivity index (χ0n) is 9.35. The zero-order valence-corrected chi connectivity index (χ0v) is 11.7. The molecule has 1 atom stereocenters. The van der Waals surface area contributed by atoms with Gasteiger partial charge in [-0.05, 0) is 35.9 Å². The average Bonchev–Trinajstić information content (AvgIpc) is 2.41. The maximum Gasteiger partial charge on any atom is 0.192 e. The smallest absolute Gasteiger partial charge is 0.192 e. The Bertz CT molecular complexity index is 579. The molecule has 0 heterocycles. The van der Waals surface area contributed by atoms with Crippen LogP contribution in [0.1, 0.15) is 5.56 Å². The third-order valence-corrected chi connectivity index (χ3v) is 3.99. The number of rotatable bonds is 3. The highest BCUT2D eigenvalue weighted by Gasteiger charge is 2.09. The minimum absolute atomic E-state index is 0.461. The van der Waals surface area contributed by atoms with Crippen LogP contribution < -0.4 is 0 Å². The lowest BCUT2D eigenvalue weighted by Gasteiger charge is -1.99. The summed E-state index contributed by atoms with van der Waals surface area (Å²) in [7, 11) is -1.75. The van der Waals surface area contributed by atoms with E-state index in [1.54, 1.807) is 42.5 Å². The van der Waals surface area contributed by atoms with E-state index >= 15 is 0 Å². The molecule has 2 rings (SSSR count). The van der Waals surface area contributed by atoms with Gasteiger partial charge in [0.05, 0.1) is 0 Å². The van der Waals surface area contributed by atoms with E-state index in [-0.39, 0.29) is 0 Å². The molecule has 0 aliphatic heterocycles. The van der Waals surface area contributed by atoms with Gasteiger partial charge in [0.15, 0.2) is 5.16 Å². The van der Waals surface area contributed by atoms with Gasteiger partial charge in [0.1, 0.15) is 10.8 Å². The Kier molecular flexibility index (Phi) is 4.44. The van der Waals surface area contributed by atoms with Crippen LogP contribution in [0.25, 0.3) is 6.08 Å². The second-order valence-electron chi connectivity index (χ2n) is 3.58. The SMILES string of the molecule is O=S(C(F)=Cc1ccc(Br)cc1)c1ccccc1. The molecule has 0 aliphatic rings. The molecule has 0 amide bonds. The molecule has 1 nitrogen and oxygen atoms in total. The van der Waals surface area contributed by atoms with Crippen LogP contribution in [0.3, 0.4) is 0 Å². The van der Waals surface area contributed by atoms with Gasteiger partial charge in [-0.25, -0.2) is 4.21 Å². The van der Waals surface area contributed by atoms with E-state index in [1.165, 1.54) is 6.08 Å².